The van der Waals surface area contributed by atoms with Crippen molar-refractivity contribution in [1.82, 2.24) is 0 Å². The Morgan fingerprint density at radius 3 is 0.778 bits per heavy atom. The van der Waals surface area contributed by atoms with Crippen LogP contribution in [-0.2, 0) is 102 Å². The van der Waals surface area contributed by atoms with E-state index in [9.17, 15) is 16.8 Å². The lowest BCUT2D eigenvalue weighted by Crippen LogP contribution is -2.15. The molecule has 0 amide bonds. The summed E-state index contributed by atoms with van der Waals surface area (Å²) < 4.78 is 159. The smallest absolute Gasteiger partial charge is 0.264 e. The van der Waals surface area contributed by atoms with Crippen molar-refractivity contribution in [2.45, 2.75) is 26.2 Å². The lowest BCUT2D eigenvalue weighted by Gasteiger charge is -2.14. The van der Waals surface area contributed by atoms with Crippen molar-refractivity contribution in [2.24, 2.45) is 0 Å². The van der Waals surface area contributed by atoms with E-state index in [0.717, 1.165) is 17.7 Å². The van der Waals surface area contributed by atoms with E-state index < -0.39 is 20.2 Å². The maximum Gasteiger partial charge on any atom is 0.264 e. The van der Waals surface area contributed by atoms with Crippen LogP contribution < -0.4 is 9.47 Å². The zero-order valence-corrected chi connectivity index (χ0v) is 44.1. The van der Waals surface area contributed by atoms with Crippen molar-refractivity contribution in [3.8, 4) is 11.5 Å². The molecule has 0 radical (unpaired) electrons. The summed E-state index contributed by atoms with van der Waals surface area (Å²) in [5, 5.41) is 0. The van der Waals surface area contributed by atoms with Gasteiger partial charge in [0.05, 0.1) is 210 Å². The molecule has 1 aromatic rings. The molecule has 0 fully saturated rings. The minimum atomic E-state index is -3.94. The van der Waals surface area contributed by atoms with E-state index in [2.05, 4.69) is 6.92 Å². The molecular weight excluding hydrogens is 1000 g/mol. The molecule has 426 valence electrons. The van der Waals surface area contributed by atoms with Crippen molar-refractivity contribution < 1.29 is 111 Å². The number of aryl methyl sites for hydroxylation is 1. The maximum atomic E-state index is 10.6. The van der Waals surface area contributed by atoms with Crippen LogP contribution in [0.25, 0.3) is 0 Å². The van der Waals surface area contributed by atoms with E-state index in [-0.39, 0.29) is 37.6 Å². The molecule has 0 unspecified atom stereocenters. The van der Waals surface area contributed by atoms with Crippen LogP contribution in [0.15, 0.2) is 18.2 Å². The van der Waals surface area contributed by atoms with Crippen LogP contribution in [0.4, 0.5) is 0 Å². The summed E-state index contributed by atoms with van der Waals surface area (Å²) in [6.07, 6.45) is 1.29. The second-order valence-corrected chi connectivity index (χ2v) is 18.0. The molecule has 0 aliphatic rings. The zero-order valence-electron chi connectivity index (χ0n) is 42.5. The highest BCUT2D eigenvalue weighted by Crippen LogP contribution is 2.25. The third-order valence-corrected chi connectivity index (χ3v) is 10.6. The first-order valence-corrected chi connectivity index (χ1v) is 27.8. The van der Waals surface area contributed by atoms with E-state index in [1.807, 2.05) is 18.2 Å². The first-order chi connectivity index (χ1) is 35.1. The molecule has 0 saturated heterocycles. The molecule has 26 heteroatoms. The van der Waals surface area contributed by atoms with E-state index in [1.165, 1.54) is 0 Å². The minimum absolute atomic E-state index is 0.236. The second kappa shape index (κ2) is 51.1. The van der Waals surface area contributed by atoms with Gasteiger partial charge in [0.2, 0.25) is 0 Å². The SMILES string of the molecule is CCc1ccc(OCCOCCOCCOCCOCCOCCOCCOCCOCCCS(=O)(=O)O)cc1OCCOCCOCCOCCOCCOCCOCCOCCOCCCS(=O)(=O)O. The summed E-state index contributed by atoms with van der Waals surface area (Å²) >= 11 is 0. The largest absolute Gasteiger partial charge is 0.491 e. The van der Waals surface area contributed by atoms with Gasteiger partial charge in [-0.2, -0.15) is 16.8 Å². The molecule has 0 aliphatic heterocycles. The van der Waals surface area contributed by atoms with Crippen molar-refractivity contribution in [3.05, 3.63) is 23.8 Å². The fraction of sp³-hybridized carbons (Fsp3) is 0.870. The molecule has 0 bridgehead atoms. The number of benzene rings is 1. The van der Waals surface area contributed by atoms with Gasteiger partial charge in [-0.15, -0.1) is 0 Å². The normalized spacial score (nSPS) is 12.0. The molecular formula is C46H86O24S2. The van der Waals surface area contributed by atoms with Crippen molar-refractivity contribution in [2.75, 3.05) is 236 Å². The van der Waals surface area contributed by atoms with Crippen LogP contribution in [0.2, 0.25) is 0 Å². The van der Waals surface area contributed by atoms with Gasteiger partial charge >= 0.3 is 0 Å². The average Bonchev–Trinajstić information content (AvgIpc) is 3.35. The van der Waals surface area contributed by atoms with Crippen molar-refractivity contribution in [1.29, 1.82) is 0 Å². The Morgan fingerprint density at radius 2 is 0.542 bits per heavy atom. The van der Waals surface area contributed by atoms with Gasteiger partial charge in [0.25, 0.3) is 20.2 Å². The number of rotatable bonds is 59. The van der Waals surface area contributed by atoms with Gasteiger partial charge in [-0.25, -0.2) is 0 Å². The first-order valence-electron chi connectivity index (χ1n) is 24.6. The Labute approximate surface area is 427 Å². The summed E-state index contributed by atoms with van der Waals surface area (Å²) in [6.45, 7) is 16.3. The lowest BCUT2D eigenvalue weighted by molar-refractivity contribution is -0.0236. The summed E-state index contributed by atoms with van der Waals surface area (Å²) in [4.78, 5) is 0. The van der Waals surface area contributed by atoms with Crippen LogP contribution in [-0.4, -0.2) is 262 Å². The van der Waals surface area contributed by atoms with Gasteiger partial charge in [-0.05, 0) is 30.9 Å². The molecule has 0 spiro atoms. The molecule has 24 nitrogen and oxygen atoms in total. The molecule has 2 N–H and O–H groups in total. The third kappa shape index (κ3) is 51.5. The summed E-state index contributed by atoms with van der Waals surface area (Å²) in [5.41, 5.74) is 1.08. The number of hydrogen-bond donors (Lipinski definition) is 2. The lowest BCUT2D eigenvalue weighted by atomic mass is 10.1. The Kier molecular flexibility index (Phi) is 48.3. The number of ether oxygens (including phenoxy) is 18. The van der Waals surface area contributed by atoms with Gasteiger partial charge in [0.15, 0.2) is 0 Å². The van der Waals surface area contributed by atoms with Gasteiger partial charge < -0.3 is 85.3 Å². The van der Waals surface area contributed by atoms with E-state index >= 15 is 0 Å². The third-order valence-electron chi connectivity index (χ3n) is 8.99. The van der Waals surface area contributed by atoms with Gasteiger partial charge in [0.1, 0.15) is 24.7 Å². The van der Waals surface area contributed by atoms with E-state index in [4.69, 9.17) is 94.4 Å². The topological polar surface area (TPSA) is 275 Å². The fourth-order valence-electron chi connectivity index (χ4n) is 5.45. The van der Waals surface area contributed by atoms with Crippen LogP contribution >= 0.6 is 0 Å². The molecule has 0 heterocycles. The Balaban J connectivity index is 1.82. The highest BCUT2D eigenvalue weighted by atomic mass is 32.2. The molecule has 0 aromatic heterocycles. The average molecular weight is 1090 g/mol. The quantitative estimate of drug-likeness (QED) is 0.0695. The number of hydrogen-bond acceptors (Lipinski definition) is 22. The summed E-state index contributed by atoms with van der Waals surface area (Å²) in [5.74, 6) is 0.832. The maximum absolute atomic E-state index is 10.6. The zero-order chi connectivity index (χ0) is 52.2. The van der Waals surface area contributed by atoms with E-state index in [1.54, 1.807) is 0 Å². The highest BCUT2D eigenvalue weighted by Gasteiger charge is 2.07. The monoisotopic (exact) mass is 1090 g/mol. The second-order valence-electron chi connectivity index (χ2n) is 14.9. The van der Waals surface area contributed by atoms with Gasteiger partial charge in [0, 0.05) is 19.3 Å². The van der Waals surface area contributed by atoms with Crippen molar-refractivity contribution >= 4 is 20.2 Å². The predicted molar refractivity (Wildman–Crippen MR) is 262 cm³/mol. The Hall–Kier alpha value is -2.00. The molecule has 0 saturated carbocycles. The summed E-state index contributed by atoms with van der Waals surface area (Å²) in [7, 11) is -7.88. The molecule has 1 aromatic carbocycles. The van der Waals surface area contributed by atoms with Crippen LogP contribution in [0.1, 0.15) is 25.3 Å². The van der Waals surface area contributed by atoms with Crippen LogP contribution in [0.3, 0.4) is 0 Å². The predicted octanol–water partition coefficient (Wildman–Crippen LogP) is 1.83. The molecule has 1 rings (SSSR count). The Bertz CT molecular complexity index is 1530. The molecule has 0 atom stereocenters. The van der Waals surface area contributed by atoms with Gasteiger partial charge in [-0.3, -0.25) is 9.11 Å². The fourth-order valence-corrected chi connectivity index (χ4v) is 6.42. The van der Waals surface area contributed by atoms with Crippen LogP contribution in [0, 0.1) is 0 Å². The Morgan fingerprint density at radius 1 is 0.319 bits per heavy atom. The standard InChI is InChI=1S/C46H86O24S2/c1-2-44-5-6-45(69-39-37-67-35-33-65-31-29-63-27-25-61-23-21-59-19-17-57-15-13-55-11-9-53-7-3-41-71(47,48)49)43-46(44)70-40-38-68-36-34-66-32-30-64-28-26-62-24-22-60-20-18-58-16-14-56-12-10-54-8-4-42-72(50,51)52/h5-6,43H,2-4,7-42H2,1H3,(H,47,48,49)(H,50,51,52). The van der Waals surface area contributed by atoms with Crippen molar-refractivity contribution in [3.63, 3.8) is 0 Å². The summed E-state index contributed by atoms with van der Waals surface area (Å²) in [6, 6.07) is 5.81. The van der Waals surface area contributed by atoms with E-state index in [0.29, 0.717) is 217 Å². The first kappa shape index (κ1) is 68.0. The minimum Gasteiger partial charge on any atom is -0.491 e. The highest BCUT2D eigenvalue weighted by molar-refractivity contribution is 7.86. The molecule has 72 heavy (non-hydrogen) atoms. The van der Waals surface area contributed by atoms with Crippen LogP contribution in [0.5, 0.6) is 11.5 Å². The van der Waals surface area contributed by atoms with Gasteiger partial charge in [-0.1, -0.05) is 13.0 Å². The molecule has 0 aliphatic carbocycles.